The van der Waals surface area contributed by atoms with Crippen molar-refractivity contribution < 1.29 is 19.0 Å². The van der Waals surface area contributed by atoms with Gasteiger partial charge in [0.1, 0.15) is 23.9 Å². The number of rotatable bonds is 11. The van der Waals surface area contributed by atoms with E-state index in [0.29, 0.717) is 37.3 Å². The molecule has 0 bridgehead atoms. The summed E-state index contributed by atoms with van der Waals surface area (Å²) >= 11 is 5.86. The summed E-state index contributed by atoms with van der Waals surface area (Å²) in [6.45, 7) is 1.83. The second-order valence-corrected chi connectivity index (χ2v) is 7.40. The van der Waals surface area contributed by atoms with Crippen LogP contribution in [0.1, 0.15) is 18.4 Å². The number of nitrogens with one attached hydrogen (secondary N) is 1. The van der Waals surface area contributed by atoms with E-state index in [4.69, 9.17) is 25.8 Å². The lowest BCUT2D eigenvalue weighted by Gasteiger charge is -2.23. The number of carbonyl (C=O) groups excluding carboxylic acids is 1. The molecule has 0 spiro atoms. The number of hydrogen-bond donors (Lipinski definition) is 1. The van der Waals surface area contributed by atoms with Gasteiger partial charge in [-0.2, -0.15) is 0 Å². The fourth-order valence-corrected chi connectivity index (χ4v) is 3.23. The molecule has 3 rings (SSSR count). The van der Waals surface area contributed by atoms with E-state index in [1.54, 1.807) is 38.5 Å². The van der Waals surface area contributed by atoms with E-state index in [9.17, 15) is 4.79 Å². The van der Waals surface area contributed by atoms with Crippen LogP contribution in [0, 0.1) is 0 Å². The summed E-state index contributed by atoms with van der Waals surface area (Å²) in [7, 11) is 3.30. The van der Waals surface area contributed by atoms with Gasteiger partial charge in [0.15, 0.2) is 0 Å². The number of nitrogens with zero attached hydrogens (tertiary/aromatic N) is 1. The van der Waals surface area contributed by atoms with Crippen LogP contribution in [-0.4, -0.2) is 50.8 Å². The SMILES string of the molecule is COc1ccc(OC)c(CN(CC(=O)NCCOc2ccc(Cl)cc2)C2CC2)c1. The van der Waals surface area contributed by atoms with Crippen LogP contribution in [0.4, 0.5) is 0 Å². The molecule has 1 N–H and O–H groups in total. The normalized spacial score (nSPS) is 13.2. The number of carbonyl (C=O) groups is 1. The van der Waals surface area contributed by atoms with Gasteiger partial charge in [0.2, 0.25) is 5.91 Å². The summed E-state index contributed by atoms with van der Waals surface area (Å²) in [5.74, 6) is 2.29. The van der Waals surface area contributed by atoms with Crippen LogP contribution in [0.3, 0.4) is 0 Å². The number of hydrogen-bond acceptors (Lipinski definition) is 5. The summed E-state index contributed by atoms with van der Waals surface area (Å²) < 4.78 is 16.4. The fourth-order valence-electron chi connectivity index (χ4n) is 3.11. The first kappa shape index (κ1) is 21.3. The molecule has 156 valence electrons. The highest BCUT2D eigenvalue weighted by Crippen LogP contribution is 2.31. The molecule has 1 aliphatic carbocycles. The molecule has 0 heterocycles. The summed E-state index contributed by atoms with van der Waals surface area (Å²) in [6, 6.07) is 13.3. The molecule has 0 aliphatic heterocycles. The van der Waals surface area contributed by atoms with Gasteiger partial charge in [-0.3, -0.25) is 9.69 Å². The van der Waals surface area contributed by atoms with Crippen LogP contribution in [0.5, 0.6) is 17.2 Å². The van der Waals surface area contributed by atoms with Crippen LogP contribution in [0.2, 0.25) is 5.02 Å². The fraction of sp³-hybridized carbons (Fsp3) is 0.409. The van der Waals surface area contributed by atoms with E-state index in [1.165, 1.54) is 0 Å². The van der Waals surface area contributed by atoms with Gasteiger partial charge in [0.25, 0.3) is 0 Å². The zero-order valence-electron chi connectivity index (χ0n) is 16.8. The first-order chi connectivity index (χ1) is 14.1. The van der Waals surface area contributed by atoms with Crippen molar-refractivity contribution in [2.75, 3.05) is 33.9 Å². The highest BCUT2D eigenvalue weighted by atomic mass is 35.5. The van der Waals surface area contributed by atoms with Gasteiger partial charge in [-0.25, -0.2) is 0 Å². The van der Waals surface area contributed by atoms with Crippen LogP contribution in [0.25, 0.3) is 0 Å². The maximum absolute atomic E-state index is 12.4. The van der Waals surface area contributed by atoms with E-state index in [-0.39, 0.29) is 5.91 Å². The third-order valence-corrected chi connectivity index (χ3v) is 5.03. The second kappa shape index (κ2) is 10.4. The van der Waals surface area contributed by atoms with Crippen LogP contribution >= 0.6 is 11.6 Å². The van der Waals surface area contributed by atoms with Crippen molar-refractivity contribution in [3.8, 4) is 17.2 Å². The van der Waals surface area contributed by atoms with Crippen molar-refractivity contribution in [2.45, 2.75) is 25.4 Å². The quantitative estimate of drug-likeness (QED) is 0.566. The Morgan fingerprint density at radius 3 is 2.48 bits per heavy atom. The topological polar surface area (TPSA) is 60.0 Å². The average molecular weight is 419 g/mol. The lowest BCUT2D eigenvalue weighted by Crippen LogP contribution is -2.39. The third kappa shape index (κ3) is 6.54. The molecule has 2 aromatic rings. The molecule has 1 fully saturated rings. The molecule has 1 amide bonds. The molecule has 1 aliphatic rings. The minimum Gasteiger partial charge on any atom is -0.497 e. The molecule has 29 heavy (non-hydrogen) atoms. The second-order valence-electron chi connectivity index (χ2n) is 6.97. The largest absolute Gasteiger partial charge is 0.497 e. The zero-order chi connectivity index (χ0) is 20.6. The lowest BCUT2D eigenvalue weighted by molar-refractivity contribution is -0.122. The molecular weight excluding hydrogens is 392 g/mol. The minimum absolute atomic E-state index is 0.0153. The molecule has 0 radical (unpaired) electrons. The number of methoxy groups -OCH3 is 2. The minimum atomic E-state index is -0.0153. The number of benzene rings is 2. The Bertz CT molecular complexity index is 809. The maximum Gasteiger partial charge on any atom is 0.234 e. The van der Waals surface area contributed by atoms with Gasteiger partial charge >= 0.3 is 0 Å². The molecule has 6 nitrogen and oxygen atoms in total. The molecule has 0 unspecified atom stereocenters. The zero-order valence-corrected chi connectivity index (χ0v) is 17.6. The Hall–Kier alpha value is -2.44. The summed E-state index contributed by atoms with van der Waals surface area (Å²) in [4.78, 5) is 14.6. The van der Waals surface area contributed by atoms with Gasteiger partial charge in [-0.15, -0.1) is 0 Å². The highest BCUT2D eigenvalue weighted by Gasteiger charge is 2.31. The standard InChI is InChI=1S/C22H27ClN2O4/c1-27-20-9-10-21(28-2)16(13-20)14-25(18-5-6-18)15-22(26)24-11-12-29-19-7-3-17(23)4-8-19/h3-4,7-10,13,18H,5-6,11-12,14-15H2,1-2H3,(H,24,26). The summed E-state index contributed by atoms with van der Waals surface area (Å²) in [5.41, 5.74) is 1.01. The van der Waals surface area contributed by atoms with Gasteiger partial charge in [-0.05, 0) is 55.3 Å². The Kier molecular flexibility index (Phi) is 7.61. The summed E-state index contributed by atoms with van der Waals surface area (Å²) in [6.07, 6.45) is 2.22. The third-order valence-electron chi connectivity index (χ3n) is 4.78. The molecule has 0 saturated heterocycles. The van der Waals surface area contributed by atoms with Gasteiger partial charge in [0, 0.05) is 23.2 Å². The number of halogens is 1. The first-order valence-electron chi connectivity index (χ1n) is 9.69. The van der Waals surface area contributed by atoms with Gasteiger partial charge in [0.05, 0.1) is 27.3 Å². The molecule has 7 heteroatoms. The highest BCUT2D eigenvalue weighted by molar-refractivity contribution is 6.30. The Labute approximate surface area is 176 Å². The smallest absolute Gasteiger partial charge is 0.234 e. The Balaban J connectivity index is 1.49. The number of amides is 1. The monoisotopic (exact) mass is 418 g/mol. The van der Waals surface area contributed by atoms with Gasteiger partial charge in [-0.1, -0.05) is 11.6 Å². The van der Waals surface area contributed by atoms with E-state index < -0.39 is 0 Å². The Morgan fingerprint density at radius 1 is 1.10 bits per heavy atom. The molecular formula is C22H27ClN2O4. The van der Waals surface area contributed by atoms with Crippen molar-refractivity contribution in [3.63, 3.8) is 0 Å². The average Bonchev–Trinajstić information content (AvgIpc) is 3.57. The van der Waals surface area contributed by atoms with Crippen LogP contribution in [-0.2, 0) is 11.3 Å². The Morgan fingerprint density at radius 2 is 1.83 bits per heavy atom. The van der Waals surface area contributed by atoms with E-state index >= 15 is 0 Å². The van der Waals surface area contributed by atoms with E-state index in [1.807, 2.05) is 18.2 Å². The predicted molar refractivity (Wildman–Crippen MR) is 113 cm³/mol. The van der Waals surface area contributed by atoms with Crippen molar-refractivity contribution >= 4 is 17.5 Å². The molecule has 1 saturated carbocycles. The van der Waals surface area contributed by atoms with Crippen molar-refractivity contribution in [1.29, 1.82) is 0 Å². The molecule has 2 aromatic carbocycles. The molecule has 0 aromatic heterocycles. The van der Waals surface area contributed by atoms with Crippen LogP contribution < -0.4 is 19.5 Å². The van der Waals surface area contributed by atoms with E-state index in [2.05, 4.69) is 10.2 Å². The van der Waals surface area contributed by atoms with Crippen LogP contribution in [0.15, 0.2) is 42.5 Å². The predicted octanol–water partition coefficient (Wildman–Crippen LogP) is 3.52. The first-order valence-corrected chi connectivity index (χ1v) is 10.1. The van der Waals surface area contributed by atoms with Gasteiger partial charge < -0.3 is 19.5 Å². The van der Waals surface area contributed by atoms with Crippen molar-refractivity contribution in [2.24, 2.45) is 0 Å². The van der Waals surface area contributed by atoms with E-state index in [0.717, 1.165) is 35.7 Å². The molecule has 0 atom stereocenters. The maximum atomic E-state index is 12.4. The number of ether oxygens (including phenoxy) is 3. The lowest BCUT2D eigenvalue weighted by atomic mass is 10.1. The summed E-state index contributed by atoms with van der Waals surface area (Å²) in [5, 5.41) is 3.59. The van der Waals surface area contributed by atoms with Crippen molar-refractivity contribution in [1.82, 2.24) is 10.2 Å². The van der Waals surface area contributed by atoms with Crippen molar-refractivity contribution in [3.05, 3.63) is 53.1 Å².